The molecule has 0 aliphatic rings. The molecule has 1 aromatic carbocycles. The average Bonchev–Trinajstić information content (AvgIpc) is 2.05. The fourth-order valence-electron chi connectivity index (χ4n) is 0.901. The van der Waals surface area contributed by atoms with Crippen LogP contribution in [0.2, 0.25) is 0 Å². The van der Waals surface area contributed by atoms with E-state index in [1.165, 1.54) is 5.56 Å². The summed E-state index contributed by atoms with van der Waals surface area (Å²) in [5.74, 6) is 0.555. The molecule has 0 atom stereocenters. The lowest BCUT2D eigenvalue weighted by molar-refractivity contribution is 1.33. The Morgan fingerprint density at radius 1 is 1.00 bits per heavy atom. The highest BCUT2D eigenvalue weighted by molar-refractivity contribution is 7.33. The third-order valence-corrected chi connectivity index (χ3v) is 3.30. The predicted molar refractivity (Wildman–Crippen MR) is 57.2 cm³/mol. The fourth-order valence-corrected chi connectivity index (χ4v) is 2.55. The van der Waals surface area contributed by atoms with E-state index in [-0.39, 0.29) is 0 Å². The Hall–Kier alpha value is 0.307. The van der Waals surface area contributed by atoms with Gasteiger partial charge in [0.1, 0.15) is 0 Å². The smallest absolute Gasteiger partial charge is 0.146 e. The summed E-state index contributed by atoms with van der Waals surface area (Å²) in [7, 11) is -1.19. The van der Waals surface area contributed by atoms with Crippen molar-refractivity contribution in [3.63, 3.8) is 0 Å². The molecule has 12 heavy (non-hydrogen) atoms. The van der Waals surface area contributed by atoms with Crippen LogP contribution in [0.5, 0.6) is 0 Å². The molecule has 0 unspecified atom stereocenters. The third-order valence-electron chi connectivity index (χ3n) is 1.52. The summed E-state index contributed by atoms with van der Waals surface area (Å²) in [6, 6.07) is 8.83. The molecule has 0 spiro atoms. The molecular formula is C8H8Cl3Si. The molecule has 0 aromatic heterocycles. The van der Waals surface area contributed by atoms with Crippen LogP contribution in [0.25, 0.3) is 0 Å². The Balaban J connectivity index is 2.65. The van der Waals surface area contributed by atoms with Crippen LogP contribution in [-0.4, -0.2) is 7.42 Å². The van der Waals surface area contributed by atoms with E-state index in [4.69, 9.17) is 33.8 Å². The minimum Gasteiger partial charge on any atom is -0.146 e. The van der Waals surface area contributed by atoms with Crippen molar-refractivity contribution in [2.75, 3.05) is 0 Å². The van der Waals surface area contributed by atoms with Crippen LogP contribution >= 0.6 is 33.8 Å². The third kappa shape index (κ3) is 3.36. The summed E-state index contributed by atoms with van der Waals surface area (Å²) in [6.45, 7) is 0. The normalized spacial score (nSPS) is 10.7. The molecule has 0 amide bonds. The van der Waals surface area contributed by atoms with Crippen molar-refractivity contribution in [2.45, 2.75) is 11.9 Å². The first-order valence-corrected chi connectivity index (χ1v) is 7.79. The van der Waals surface area contributed by atoms with Gasteiger partial charge in [-0.05, 0) is 17.2 Å². The van der Waals surface area contributed by atoms with E-state index in [2.05, 4.69) is 0 Å². The predicted octanol–water partition coefficient (Wildman–Crippen LogP) is 3.47. The molecule has 0 N–H and O–H groups in total. The highest BCUT2D eigenvalue weighted by atomic mass is 35.7. The van der Waals surface area contributed by atoms with Crippen LogP contribution in [0, 0.1) is 0 Å². The minimum atomic E-state index is -1.19. The maximum Gasteiger partial charge on any atom is 0.278 e. The maximum absolute atomic E-state index is 5.73. The van der Waals surface area contributed by atoms with Crippen molar-refractivity contribution in [3.8, 4) is 0 Å². The summed E-state index contributed by atoms with van der Waals surface area (Å²) in [5, 5.41) is 0. The first-order valence-electron chi connectivity index (χ1n) is 3.53. The van der Waals surface area contributed by atoms with Gasteiger partial charge in [0.2, 0.25) is 0 Å². The molecule has 1 rings (SSSR count). The SMILES string of the molecule is ClCc1ccc(C[Si](Cl)Cl)cc1. The number of benzene rings is 1. The second-order valence-electron chi connectivity index (χ2n) is 2.47. The van der Waals surface area contributed by atoms with Crippen LogP contribution in [0.1, 0.15) is 11.1 Å². The van der Waals surface area contributed by atoms with E-state index in [0.29, 0.717) is 5.88 Å². The van der Waals surface area contributed by atoms with Crippen LogP contribution in [0.4, 0.5) is 0 Å². The fraction of sp³-hybridized carbons (Fsp3) is 0.250. The zero-order valence-electron chi connectivity index (χ0n) is 6.36. The van der Waals surface area contributed by atoms with Gasteiger partial charge in [-0.2, -0.15) is 0 Å². The topological polar surface area (TPSA) is 0 Å². The molecular weight excluding hydrogens is 231 g/mol. The monoisotopic (exact) mass is 237 g/mol. The molecule has 0 saturated heterocycles. The van der Waals surface area contributed by atoms with Crippen LogP contribution in [0.15, 0.2) is 24.3 Å². The Morgan fingerprint density at radius 2 is 1.50 bits per heavy atom. The molecule has 0 aliphatic heterocycles. The lowest BCUT2D eigenvalue weighted by Crippen LogP contribution is -1.99. The van der Waals surface area contributed by atoms with E-state index in [9.17, 15) is 0 Å². The van der Waals surface area contributed by atoms with Gasteiger partial charge in [-0.25, -0.2) is 0 Å². The molecule has 0 heterocycles. The summed E-state index contributed by atoms with van der Waals surface area (Å²) in [6.07, 6.45) is 0. The van der Waals surface area contributed by atoms with Gasteiger partial charge in [0.25, 0.3) is 7.42 Å². The Kier molecular flexibility index (Phi) is 4.44. The molecule has 0 aliphatic carbocycles. The van der Waals surface area contributed by atoms with Crippen molar-refractivity contribution >= 4 is 41.2 Å². The van der Waals surface area contributed by atoms with Gasteiger partial charge >= 0.3 is 0 Å². The summed E-state index contributed by atoms with van der Waals surface area (Å²) >= 11 is 17.1. The van der Waals surface area contributed by atoms with Gasteiger partial charge in [-0.1, -0.05) is 24.3 Å². The average molecular weight is 239 g/mol. The molecule has 0 nitrogen and oxygen atoms in total. The second kappa shape index (κ2) is 5.13. The van der Waals surface area contributed by atoms with Crippen molar-refractivity contribution in [3.05, 3.63) is 35.4 Å². The summed E-state index contributed by atoms with van der Waals surface area (Å²) < 4.78 is 0. The largest absolute Gasteiger partial charge is 0.278 e. The number of halogens is 3. The van der Waals surface area contributed by atoms with Crippen LogP contribution in [-0.2, 0) is 11.9 Å². The number of rotatable bonds is 3. The standard InChI is InChI=1S/C8H8Cl3Si/c9-5-7-1-3-8(4-2-7)6-12(10)11/h1-4H,5-6H2. The first-order chi connectivity index (χ1) is 5.72. The van der Waals surface area contributed by atoms with Crippen molar-refractivity contribution in [1.29, 1.82) is 0 Å². The van der Waals surface area contributed by atoms with E-state index < -0.39 is 7.42 Å². The summed E-state index contributed by atoms with van der Waals surface area (Å²) in [5.41, 5.74) is 2.31. The van der Waals surface area contributed by atoms with E-state index in [1.807, 2.05) is 24.3 Å². The van der Waals surface area contributed by atoms with Gasteiger partial charge in [-0.3, -0.25) is 0 Å². The Bertz CT molecular complexity index is 233. The molecule has 0 saturated carbocycles. The van der Waals surface area contributed by atoms with E-state index >= 15 is 0 Å². The maximum atomic E-state index is 5.73. The quantitative estimate of drug-likeness (QED) is 0.430. The molecule has 4 heteroatoms. The number of hydrogen-bond acceptors (Lipinski definition) is 0. The van der Waals surface area contributed by atoms with Crippen molar-refractivity contribution in [1.82, 2.24) is 0 Å². The zero-order chi connectivity index (χ0) is 8.97. The number of hydrogen-bond donors (Lipinski definition) is 0. The second-order valence-corrected chi connectivity index (χ2v) is 7.08. The van der Waals surface area contributed by atoms with Gasteiger partial charge in [0, 0.05) is 5.88 Å². The van der Waals surface area contributed by atoms with E-state index in [1.54, 1.807) is 0 Å². The first kappa shape index (κ1) is 10.4. The van der Waals surface area contributed by atoms with E-state index in [0.717, 1.165) is 11.6 Å². The van der Waals surface area contributed by atoms with Crippen LogP contribution in [0.3, 0.4) is 0 Å². The lowest BCUT2D eigenvalue weighted by Gasteiger charge is -2.00. The highest BCUT2D eigenvalue weighted by Crippen LogP contribution is 2.10. The number of alkyl halides is 1. The Labute approximate surface area is 88.5 Å². The van der Waals surface area contributed by atoms with Crippen LogP contribution < -0.4 is 0 Å². The van der Waals surface area contributed by atoms with Gasteiger partial charge < -0.3 is 0 Å². The van der Waals surface area contributed by atoms with Gasteiger partial charge in [0.15, 0.2) is 0 Å². The van der Waals surface area contributed by atoms with Crippen molar-refractivity contribution in [2.24, 2.45) is 0 Å². The molecule has 1 aromatic rings. The highest BCUT2D eigenvalue weighted by Gasteiger charge is 2.04. The summed E-state index contributed by atoms with van der Waals surface area (Å²) in [4.78, 5) is 0. The zero-order valence-corrected chi connectivity index (χ0v) is 9.63. The molecule has 65 valence electrons. The van der Waals surface area contributed by atoms with Gasteiger partial charge in [0.05, 0.1) is 0 Å². The molecule has 0 bridgehead atoms. The van der Waals surface area contributed by atoms with Crippen molar-refractivity contribution < 1.29 is 0 Å². The lowest BCUT2D eigenvalue weighted by atomic mass is 10.2. The minimum absolute atomic E-state index is 0.555. The molecule has 1 radical (unpaired) electrons. The Morgan fingerprint density at radius 3 is 1.92 bits per heavy atom. The molecule has 0 fully saturated rings. The van der Waals surface area contributed by atoms with Gasteiger partial charge in [-0.15, -0.1) is 33.8 Å².